The topological polar surface area (TPSA) is 80.0 Å². The van der Waals surface area contributed by atoms with Crippen molar-refractivity contribution < 1.29 is 4.39 Å². The van der Waals surface area contributed by atoms with Gasteiger partial charge >= 0.3 is 0 Å². The van der Waals surface area contributed by atoms with E-state index in [4.69, 9.17) is 4.98 Å². The van der Waals surface area contributed by atoms with Crippen LogP contribution >= 0.6 is 0 Å². The zero-order chi connectivity index (χ0) is 22.0. The summed E-state index contributed by atoms with van der Waals surface area (Å²) in [5.74, 6) is 0.500. The van der Waals surface area contributed by atoms with E-state index in [1.807, 2.05) is 30.5 Å². The molecule has 31 heavy (non-hydrogen) atoms. The van der Waals surface area contributed by atoms with Gasteiger partial charge in [-0.25, -0.2) is 13.9 Å². The molecule has 0 unspecified atom stereocenters. The molecule has 4 aromatic rings. The van der Waals surface area contributed by atoms with Gasteiger partial charge in [0, 0.05) is 31.2 Å². The third kappa shape index (κ3) is 4.54. The molecular weight excluding hydrogens is 393 g/mol. The maximum Gasteiger partial charge on any atom is 0.200 e. The minimum atomic E-state index is -0.453. The molecule has 0 bridgehead atoms. The van der Waals surface area contributed by atoms with Gasteiger partial charge < -0.3 is 10.6 Å². The van der Waals surface area contributed by atoms with Crippen LogP contribution in [-0.4, -0.2) is 30.6 Å². The van der Waals surface area contributed by atoms with Crippen molar-refractivity contribution in [2.45, 2.75) is 40.3 Å². The smallest absolute Gasteiger partial charge is 0.200 e. The zero-order valence-corrected chi connectivity index (χ0v) is 18.1. The predicted molar refractivity (Wildman–Crippen MR) is 119 cm³/mol. The Labute approximate surface area is 180 Å². The van der Waals surface area contributed by atoms with Gasteiger partial charge in [-0.3, -0.25) is 9.97 Å². The summed E-state index contributed by atoms with van der Waals surface area (Å²) in [7, 11) is 0. The van der Waals surface area contributed by atoms with Crippen molar-refractivity contribution in [3.63, 3.8) is 0 Å². The van der Waals surface area contributed by atoms with Crippen LogP contribution in [0, 0.1) is 11.2 Å². The average molecular weight is 420 g/mol. The number of hydrogen-bond acceptors (Lipinski definition) is 6. The lowest BCUT2D eigenvalue weighted by Crippen LogP contribution is -2.37. The summed E-state index contributed by atoms with van der Waals surface area (Å²) in [6, 6.07) is 9.44. The molecule has 7 nitrogen and oxygen atoms in total. The first-order chi connectivity index (χ1) is 14.8. The number of rotatable bonds is 6. The van der Waals surface area contributed by atoms with E-state index in [9.17, 15) is 4.39 Å². The Kier molecular flexibility index (Phi) is 5.65. The lowest BCUT2D eigenvalue weighted by molar-refractivity contribution is 0.285. The molecule has 1 atom stereocenters. The third-order valence-corrected chi connectivity index (χ3v) is 5.41. The molecule has 0 aliphatic rings. The van der Waals surface area contributed by atoms with E-state index in [-0.39, 0.29) is 5.41 Å². The number of anilines is 2. The molecular formula is C23H26FN7. The van der Waals surface area contributed by atoms with Crippen molar-refractivity contribution in [1.82, 2.24) is 29.9 Å². The fourth-order valence-corrected chi connectivity index (χ4v) is 3.10. The molecule has 0 aromatic carbocycles. The van der Waals surface area contributed by atoms with Gasteiger partial charge in [0.25, 0.3) is 0 Å². The van der Waals surface area contributed by atoms with Crippen molar-refractivity contribution in [3.8, 4) is 11.5 Å². The highest BCUT2D eigenvalue weighted by atomic mass is 19.1. The highest BCUT2D eigenvalue weighted by Crippen LogP contribution is 2.27. The van der Waals surface area contributed by atoms with Crippen molar-refractivity contribution in [2.24, 2.45) is 5.41 Å². The van der Waals surface area contributed by atoms with Gasteiger partial charge in [-0.2, -0.15) is 0 Å². The van der Waals surface area contributed by atoms with Crippen LogP contribution in [0.2, 0.25) is 0 Å². The van der Waals surface area contributed by atoms with Gasteiger partial charge in [-0.1, -0.05) is 26.8 Å². The number of fused-ring (bicyclic) bond motifs is 1. The molecule has 0 amide bonds. The number of hydrogen-bond donors (Lipinski definition) is 2. The maximum atomic E-state index is 14.3. The van der Waals surface area contributed by atoms with E-state index >= 15 is 0 Å². The minimum Gasteiger partial charge on any atom is -0.336 e. The van der Waals surface area contributed by atoms with Crippen LogP contribution in [-0.2, 0) is 6.54 Å². The first kappa shape index (κ1) is 20.9. The highest BCUT2D eigenvalue weighted by Gasteiger charge is 2.21. The first-order valence-corrected chi connectivity index (χ1v) is 10.2. The van der Waals surface area contributed by atoms with Crippen molar-refractivity contribution in [2.75, 3.05) is 5.32 Å². The van der Waals surface area contributed by atoms with Gasteiger partial charge in [-0.05, 0) is 42.2 Å². The Morgan fingerprint density at radius 1 is 1.13 bits per heavy atom. The summed E-state index contributed by atoms with van der Waals surface area (Å²) in [5.41, 5.74) is 2.85. The van der Waals surface area contributed by atoms with Crippen molar-refractivity contribution >= 4 is 17.0 Å². The Hall–Kier alpha value is -3.39. The van der Waals surface area contributed by atoms with Gasteiger partial charge in [0.2, 0.25) is 5.82 Å². The molecule has 2 N–H and O–H groups in total. The summed E-state index contributed by atoms with van der Waals surface area (Å²) >= 11 is 0. The van der Waals surface area contributed by atoms with Crippen LogP contribution in [0.15, 0.2) is 55.1 Å². The predicted octanol–water partition coefficient (Wildman–Crippen LogP) is 4.59. The van der Waals surface area contributed by atoms with Crippen LogP contribution in [0.4, 0.5) is 15.9 Å². The summed E-state index contributed by atoms with van der Waals surface area (Å²) in [6.07, 6.45) is 6.29. The van der Waals surface area contributed by atoms with Gasteiger partial charge in [0.15, 0.2) is 11.6 Å². The van der Waals surface area contributed by atoms with Crippen LogP contribution in [0.5, 0.6) is 0 Å². The fraction of sp³-hybridized carbons (Fsp3) is 0.304. The number of halogens is 1. The summed E-state index contributed by atoms with van der Waals surface area (Å²) in [5, 5.41) is 11.3. The van der Waals surface area contributed by atoms with Crippen LogP contribution in [0.25, 0.3) is 17.0 Å². The molecule has 4 heterocycles. The van der Waals surface area contributed by atoms with E-state index in [0.717, 1.165) is 11.1 Å². The minimum absolute atomic E-state index is 0.124. The zero-order valence-electron chi connectivity index (χ0n) is 18.1. The van der Waals surface area contributed by atoms with Crippen LogP contribution < -0.4 is 10.6 Å². The third-order valence-electron chi connectivity index (χ3n) is 5.41. The van der Waals surface area contributed by atoms with Gasteiger partial charge in [0.05, 0.1) is 11.9 Å². The lowest BCUT2D eigenvalue weighted by atomic mass is 9.88. The van der Waals surface area contributed by atoms with E-state index in [0.29, 0.717) is 35.6 Å². The highest BCUT2D eigenvalue weighted by molar-refractivity contribution is 5.78. The molecule has 0 saturated heterocycles. The van der Waals surface area contributed by atoms with E-state index < -0.39 is 5.82 Å². The second-order valence-electron chi connectivity index (χ2n) is 8.58. The SMILES string of the molecule is C[C@@H](NCc1ccn2nc(-c3ccccn3)nc(Nc3ccncc3F)c12)C(C)(C)C. The summed E-state index contributed by atoms with van der Waals surface area (Å²) in [4.78, 5) is 12.9. The molecule has 0 radical (unpaired) electrons. The van der Waals surface area contributed by atoms with E-state index in [2.05, 4.69) is 53.4 Å². The Bertz CT molecular complexity index is 1180. The van der Waals surface area contributed by atoms with Crippen molar-refractivity contribution in [1.29, 1.82) is 0 Å². The Morgan fingerprint density at radius 2 is 1.97 bits per heavy atom. The standard InChI is InChI=1S/C23H26FN7/c1-15(23(2,3)4)27-13-16-9-12-31-20(16)22(28-18-8-11-25-14-17(18)24)29-21(30-31)19-7-5-6-10-26-19/h5-12,14-15,27H,13H2,1-4H3,(H,25,28,29,30)/t15-/m1/s1. The average Bonchev–Trinajstić information content (AvgIpc) is 3.17. The number of nitrogens with one attached hydrogen (secondary N) is 2. The van der Waals surface area contributed by atoms with E-state index in [1.165, 1.54) is 12.4 Å². The molecule has 0 spiro atoms. The maximum absolute atomic E-state index is 14.3. The summed E-state index contributed by atoms with van der Waals surface area (Å²) < 4.78 is 16.1. The first-order valence-electron chi connectivity index (χ1n) is 10.2. The molecule has 0 aliphatic heterocycles. The second-order valence-corrected chi connectivity index (χ2v) is 8.58. The van der Waals surface area contributed by atoms with Gasteiger partial charge in [0.1, 0.15) is 11.2 Å². The van der Waals surface area contributed by atoms with E-state index in [1.54, 1.807) is 16.8 Å². The molecule has 160 valence electrons. The quantitative estimate of drug-likeness (QED) is 0.476. The molecule has 8 heteroatoms. The molecule has 4 aromatic heterocycles. The normalized spacial score (nSPS) is 12.8. The fourth-order valence-electron chi connectivity index (χ4n) is 3.10. The van der Waals surface area contributed by atoms with Crippen LogP contribution in [0.3, 0.4) is 0 Å². The Morgan fingerprint density at radius 3 is 2.68 bits per heavy atom. The molecule has 0 aliphatic carbocycles. The van der Waals surface area contributed by atoms with Crippen molar-refractivity contribution in [3.05, 3.63) is 66.5 Å². The van der Waals surface area contributed by atoms with Gasteiger partial charge in [-0.15, -0.1) is 5.10 Å². The largest absolute Gasteiger partial charge is 0.336 e. The second kappa shape index (κ2) is 8.39. The lowest BCUT2D eigenvalue weighted by Gasteiger charge is -2.28. The number of aromatic nitrogens is 5. The molecule has 0 saturated carbocycles. The summed E-state index contributed by atoms with van der Waals surface area (Å²) in [6.45, 7) is 9.39. The van der Waals surface area contributed by atoms with Crippen LogP contribution in [0.1, 0.15) is 33.3 Å². The monoisotopic (exact) mass is 419 g/mol. The number of pyridine rings is 2. The number of nitrogens with zero attached hydrogens (tertiary/aromatic N) is 5. The Balaban J connectivity index is 1.78. The molecule has 4 rings (SSSR count). The molecule has 0 fully saturated rings.